The Morgan fingerprint density at radius 1 is 0.784 bits per heavy atom. The molecule has 9 nitrogen and oxygen atoms in total. The van der Waals surface area contributed by atoms with Crippen molar-refractivity contribution in [1.82, 2.24) is 10.3 Å². The zero-order valence-electron chi connectivity index (χ0n) is 20.0. The van der Waals surface area contributed by atoms with E-state index in [1.807, 2.05) is 19.1 Å². The van der Waals surface area contributed by atoms with Gasteiger partial charge in [0.25, 0.3) is 26.0 Å². The lowest BCUT2D eigenvalue weighted by molar-refractivity contribution is 0.0962. The molecule has 0 unspecified atom stereocenters. The van der Waals surface area contributed by atoms with Crippen molar-refractivity contribution >= 4 is 43.1 Å². The summed E-state index contributed by atoms with van der Waals surface area (Å²) in [7, 11) is -8.00. The molecular formula is C26H24N4O5S2. The molecule has 0 radical (unpaired) electrons. The first kappa shape index (κ1) is 25.9. The summed E-state index contributed by atoms with van der Waals surface area (Å²) in [5.74, 6) is -0.633. The van der Waals surface area contributed by atoms with Crippen LogP contribution in [-0.4, -0.2) is 34.8 Å². The first-order valence-corrected chi connectivity index (χ1v) is 14.0. The van der Waals surface area contributed by atoms with Crippen molar-refractivity contribution < 1.29 is 21.6 Å². The quantitative estimate of drug-likeness (QED) is 0.348. The number of aryl methyl sites for hydroxylation is 1. The molecule has 4 rings (SSSR count). The highest BCUT2D eigenvalue weighted by atomic mass is 32.3. The van der Waals surface area contributed by atoms with Crippen molar-refractivity contribution in [2.45, 2.75) is 16.7 Å². The molecule has 1 aromatic heterocycles. The van der Waals surface area contributed by atoms with Gasteiger partial charge in [0.2, 0.25) is 0 Å². The van der Waals surface area contributed by atoms with Crippen molar-refractivity contribution in [3.8, 4) is 0 Å². The molecule has 0 aliphatic heterocycles. The molecule has 2 N–H and O–H groups in total. The number of amides is 1. The van der Waals surface area contributed by atoms with Gasteiger partial charge in [-0.1, -0.05) is 54.6 Å². The number of carbonyl (C=O) groups is 1. The van der Waals surface area contributed by atoms with Gasteiger partial charge in [0.05, 0.1) is 15.4 Å². The highest BCUT2D eigenvalue weighted by molar-refractivity contribution is 8.10. The van der Waals surface area contributed by atoms with Gasteiger partial charge >= 0.3 is 0 Å². The van der Waals surface area contributed by atoms with Gasteiger partial charge in [-0.2, -0.15) is 3.71 Å². The Balaban J connectivity index is 2.04. The van der Waals surface area contributed by atoms with E-state index < -0.39 is 26.0 Å². The van der Waals surface area contributed by atoms with Crippen LogP contribution in [0.1, 0.15) is 15.9 Å². The summed E-state index contributed by atoms with van der Waals surface area (Å²) in [6, 6.07) is 22.8. The van der Waals surface area contributed by atoms with E-state index in [9.17, 15) is 21.6 Å². The van der Waals surface area contributed by atoms with E-state index in [4.69, 9.17) is 0 Å². The van der Waals surface area contributed by atoms with E-state index in [1.54, 1.807) is 24.3 Å². The van der Waals surface area contributed by atoms with Gasteiger partial charge in [-0.15, -0.1) is 0 Å². The third-order valence-corrected chi connectivity index (χ3v) is 9.65. The Morgan fingerprint density at radius 2 is 1.30 bits per heavy atom. The minimum atomic E-state index is -4.70. The Bertz CT molecular complexity index is 1570. The second-order valence-corrected chi connectivity index (χ2v) is 11.7. The van der Waals surface area contributed by atoms with Crippen molar-refractivity contribution in [3.63, 3.8) is 0 Å². The average Bonchev–Trinajstić information content (AvgIpc) is 2.91. The van der Waals surface area contributed by atoms with Gasteiger partial charge in [0.15, 0.2) is 5.82 Å². The highest BCUT2D eigenvalue weighted by Crippen LogP contribution is 2.37. The van der Waals surface area contributed by atoms with Crippen molar-refractivity contribution in [1.29, 1.82) is 0 Å². The van der Waals surface area contributed by atoms with Crippen LogP contribution in [0.3, 0.4) is 0 Å². The predicted molar refractivity (Wildman–Crippen MR) is 142 cm³/mol. The fourth-order valence-corrected chi connectivity index (χ4v) is 7.29. The smallest absolute Gasteiger partial charge is 0.277 e. The maximum Gasteiger partial charge on any atom is 0.277 e. The predicted octanol–water partition coefficient (Wildman–Crippen LogP) is 4.08. The lowest BCUT2D eigenvalue weighted by Crippen LogP contribution is -2.38. The van der Waals surface area contributed by atoms with Gasteiger partial charge < -0.3 is 10.6 Å². The largest absolute Gasteiger partial charge is 0.355 e. The fraction of sp³-hybridized carbons (Fsp3) is 0.0769. The summed E-state index contributed by atoms with van der Waals surface area (Å²) in [6.07, 6.45) is 1.24. The third-order valence-electron chi connectivity index (χ3n) is 5.47. The van der Waals surface area contributed by atoms with E-state index >= 15 is 0 Å². The average molecular weight is 537 g/mol. The molecule has 3 aromatic carbocycles. The lowest BCUT2D eigenvalue weighted by atomic mass is 10.2. The van der Waals surface area contributed by atoms with Crippen molar-refractivity contribution in [3.05, 3.63) is 108 Å². The van der Waals surface area contributed by atoms with E-state index in [-0.39, 0.29) is 26.9 Å². The van der Waals surface area contributed by atoms with Gasteiger partial charge in [-0.05, 0) is 48.9 Å². The van der Waals surface area contributed by atoms with Crippen LogP contribution in [-0.2, 0) is 20.0 Å². The SMILES string of the molecule is CNC(=O)c1cnc(Nc2ccccc2C)c(N(S(=O)(=O)c2ccccc2)S(=O)(=O)c2ccccc2)c1. The molecule has 1 amide bonds. The number of hydrogen-bond donors (Lipinski definition) is 2. The molecular weight excluding hydrogens is 512 g/mol. The maximum absolute atomic E-state index is 14.0. The topological polar surface area (TPSA) is 126 Å². The number of nitrogens with one attached hydrogen (secondary N) is 2. The van der Waals surface area contributed by atoms with Gasteiger partial charge in [0.1, 0.15) is 5.69 Å². The minimum absolute atomic E-state index is 0.0237. The number of para-hydroxylation sites is 1. The molecule has 0 bridgehead atoms. The number of carbonyl (C=O) groups excluding carboxylic acids is 1. The summed E-state index contributed by atoms with van der Waals surface area (Å²) in [6.45, 7) is 1.83. The number of hydrogen-bond acceptors (Lipinski definition) is 7. The Labute approximate surface area is 215 Å². The molecule has 0 saturated carbocycles. The number of nitrogens with zero attached hydrogens (tertiary/aromatic N) is 2. The maximum atomic E-state index is 14.0. The normalized spacial score (nSPS) is 11.5. The van der Waals surface area contributed by atoms with Gasteiger partial charge in [-0.3, -0.25) is 4.79 Å². The molecule has 0 atom stereocenters. The first-order valence-electron chi connectivity index (χ1n) is 11.1. The summed E-state index contributed by atoms with van der Waals surface area (Å²) >= 11 is 0. The molecule has 0 aliphatic rings. The lowest BCUT2D eigenvalue weighted by Gasteiger charge is -2.26. The van der Waals surface area contributed by atoms with E-state index in [1.165, 1.54) is 67.8 Å². The molecule has 1 heterocycles. The van der Waals surface area contributed by atoms with Crippen LogP contribution >= 0.6 is 0 Å². The van der Waals surface area contributed by atoms with Crippen molar-refractivity contribution in [2.75, 3.05) is 16.1 Å². The summed E-state index contributed by atoms with van der Waals surface area (Å²) in [5.41, 5.74) is 1.04. The van der Waals surface area contributed by atoms with E-state index in [0.717, 1.165) is 5.56 Å². The second-order valence-electron chi connectivity index (χ2n) is 7.94. The number of pyridine rings is 1. The number of sulfonamides is 2. The van der Waals surface area contributed by atoms with E-state index in [2.05, 4.69) is 15.6 Å². The van der Waals surface area contributed by atoms with Crippen LogP contribution in [0, 0.1) is 6.92 Å². The second kappa shape index (κ2) is 10.4. The highest BCUT2D eigenvalue weighted by Gasteiger charge is 2.39. The fourth-order valence-electron chi connectivity index (χ4n) is 3.56. The molecule has 190 valence electrons. The molecule has 4 aromatic rings. The van der Waals surface area contributed by atoms with Crippen LogP contribution < -0.4 is 14.3 Å². The number of anilines is 3. The molecule has 11 heteroatoms. The summed E-state index contributed by atoms with van der Waals surface area (Å²) in [5, 5.41) is 5.49. The summed E-state index contributed by atoms with van der Waals surface area (Å²) < 4.78 is 56.2. The Hall–Kier alpha value is -4.22. The van der Waals surface area contributed by atoms with Crippen LogP contribution in [0.25, 0.3) is 0 Å². The van der Waals surface area contributed by atoms with Crippen LogP contribution in [0.5, 0.6) is 0 Å². The summed E-state index contributed by atoms with van der Waals surface area (Å²) in [4.78, 5) is 16.2. The van der Waals surface area contributed by atoms with Crippen LogP contribution in [0.2, 0.25) is 0 Å². The molecule has 0 spiro atoms. The third kappa shape index (κ3) is 5.18. The standard InChI is InChI=1S/C26H24N4O5S2/c1-19-11-9-10-16-23(19)29-25-24(17-20(18-28-25)26(31)27-2)30(36(32,33)21-12-5-3-6-13-21)37(34,35)22-14-7-4-8-15-22/h3-18H,1-2H3,(H,27,31)(H,28,29). The van der Waals surface area contributed by atoms with Crippen LogP contribution in [0.4, 0.5) is 17.2 Å². The van der Waals surface area contributed by atoms with E-state index in [0.29, 0.717) is 9.40 Å². The van der Waals surface area contributed by atoms with Crippen LogP contribution in [0.15, 0.2) is 107 Å². The Morgan fingerprint density at radius 3 is 1.81 bits per heavy atom. The zero-order chi connectivity index (χ0) is 26.6. The zero-order valence-corrected chi connectivity index (χ0v) is 21.6. The Kier molecular flexibility index (Phi) is 7.28. The van der Waals surface area contributed by atoms with Gasteiger partial charge in [-0.25, -0.2) is 21.8 Å². The molecule has 0 saturated heterocycles. The number of benzene rings is 3. The minimum Gasteiger partial charge on any atom is -0.355 e. The van der Waals surface area contributed by atoms with Gasteiger partial charge in [0, 0.05) is 18.9 Å². The molecule has 0 fully saturated rings. The first-order chi connectivity index (χ1) is 17.7. The van der Waals surface area contributed by atoms with Crippen molar-refractivity contribution in [2.24, 2.45) is 0 Å². The number of aromatic nitrogens is 1. The molecule has 37 heavy (non-hydrogen) atoms. The number of rotatable bonds is 8. The monoisotopic (exact) mass is 536 g/mol. The molecule has 0 aliphatic carbocycles.